The highest BCUT2D eigenvalue weighted by Crippen LogP contribution is 2.23. The van der Waals surface area contributed by atoms with Crippen molar-refractivity contribution in [2.45, 2.75) is 27.2 Å². The number of aryl methyl sites for hydroxylation is 3. The number of rotatable bonds is 5. The smallest absolute Gasteiger partial charge is 0.245 e. The number of anilines is 1. The van der Waals surface area contributed by atoms with Crippen LogP contribution in [0.15, 0.2) is 34.9 Å². The molecule has 7 heteroatoms. The van der Waals surface area contributed by atoms with E-state index in [1.807, 2.05) is 38.1 Å². The summed E-state index contributed by atoms with van der Waals surface area (Å²) in [4.78, 5) is 30.7. The summed E-state index contributed by atoms with van der Waals surface area (Å²) in [5.41, 5.74) is 3.69. The molecule has 0 saturated heterocycles. The van der Waals surface area contributed by atoms with Crippen molar-refractivity contribution in [3.63, 3.8) is 0 Å². The van der Waals surface area contributed by atoms with Crippen LogP contribution in [0, 0.1) is 20.8 Å². The number of pyridine rings is 1. The Hall–Kier alpha value is -3.22. The van der Waals surface area contributed by atoms with E-state index in [9.17, 15) is 9.59 Å². The summed E-state index contributed by atoms with van der Waals surface area (Å²) in [6.45, 7) is 5.57. The highest BCUT2D eigenvalue weighted by atomic mass is 16.5. The first-order valence-corrected chi connectivity index (χ1v) is 8.67. The van der Waals surface area contributed by atoms with E-state index < -0.39 is 0 Å². The van der Waals surface area contributed by atoms with Gasteiger partial charge in [-0.2, -0.15) is 0 Å². The number of likely N-dealkylation sites (N-methyl/N-ethyl adjacent to an activating group) is 1. The summed E-state index contributed by atoms with van der Waals surface area (Å²) >= 11 is 0. The van der Waals surface area contributed by atoms with Crippen LogP contribution in [0.4, 0.5) is 5.82 Å². The summed E-state index contributed by atoms with van der Waals surface area (Å²) in [7, 11) is 1.61. The Morgan fingerprint density at radius 2 is 1.93 bits per heavy atom. The van der Waals surface area contributed by atoms with Crippen LogP contribution in [0.3, 0.4) is 0 Å². The Bertz CT molecular complexity index is 1010. The molecule has 2 aromatic heterocycles. The van der Waals surface area contributed by atoms with E-state index in [0.717, 1.165) is 27.7 Å². The zero-order valence-corrected chi connectivity index (χ0v) is 15.9. The molecule has 0 atom stereocenters. The van der Waals surface area contributed by atoms with Gasteiger partial charge in [0.2, 0.25) is 11.8 Å². The maximum atomic E-state index is 12.6. The number of benzene rings is 1. The van der Waals surface area contributed by atoms with Crippen LogP contribution < -0.4 is 5.32 Å². The normalized spacial score (nSPS) is 10.8. The molecule has 3 rings (SSSR count). The van der Waals surface area contributed by atoms with Crippen molar-refractivity contribution in [3.05, 3.63) is 52.9 Å². The molecule has 27 heavy (non-hydrogen) atoms. The van der Waals surface area contributed by atoms with Gasteiger partial charge in [0.1, 0.15) is 5.76 Å². The molecule has 7 nitrogen and oxygen atoms in total. The van der Waals surface area contributed by atoms with Crippen LogP contribution in [-0.2, 0) is 16.0 Å². The fourth-order valence-electron chi connectivity index (χ4n) is 3.03. The molecule has 0 aliphatic rings. The molecule has 0 radical (unpaired) electrons. The van der Waals surface area contributed by atoms with Crippen LogP contribution in [0.25, 0.3) is 10.9 Å². The summed E-state index contributed by atoms with van der Waals surface area (Å²) in [5, 5.41) is 7.35. The Labute approximate surface area is 157 Å². The third-order valence-corrected chi connectivity index (χ3v) is 4.52. The largest absolute Gasteiger partial charge is 0.360 e. The number of fused-ring (bicyclic) bond motifs is 1. The Kier molecular flexibility index (Phi) is 5.21. The van der Waals surface area contributed by atoms with E-state index in [1.165, 1.54) is 4.90 Å². The van der Waals surface area contributed by atoms with Gasteiger partial charge in [0.05, 0.1) is 18.5 Å². The number of nitrogens with zero attached hydrogens (tertiary/aromatic N) is 3. The number of para-hydroxylation sites is 1. The molecule has 140 valence electrons. The maximum Gasteiger partial charge on any atom is 0.245 e. The lowest BCUT2D eigenvalue weighted by atomic mass is 9.99. The highest BCUT2D eigenvalue weighted by Gasteiger charge is 2.18. The standard InChI is InChI=1S/C20H22N4O3/c1-12-9-18(23-27-12)22-19(25)11-24(4)20(26)10-16-13(2)15-7-5-6-8-17(15)21-14(16)3/h5-9H,10-11H2,1-4H3,(H,22,23,25). The molecule has 2 amide bonds. The van der Waals surface area contributed by atoms with Gasteiger partial charge >= 0.3 is 0 Å². The molecule has 0 bridgehead atoms. The Morgan fingerprint density at radius 1 is 1.19 bits per heavy atom. The van der Waals surface area contributed by atoms with E-state index in [2.05, 4.69) is 15.5 Å². The molecule has 2 heterocycles. The Morgan fingerprint density at radius 3 is 2.63 bits per heavy atom. The number of carbonyl (C=O) groups excluding carboxylic acids is 2. The molecular formula is C20H22N4O3. The molecule has 1 aromatic carbocycles. The number of amides is 2. The lowest BCUT2D eigenvalue weighted by Gasteiger charge is -2.18. The predicted octanol–water partition coefficient (Wildman–Crippen LogP) is 2.79. The van der Waals surface area contributed by atoms with E-state index >= 15 is 0 Å². The van der Waals surface area contributed by atoms with Crippen molar-refractivity contribution in [1.82, 2.24) is 15.0 Å². The van der Waals surface area contributed by atoms with Crippen LogP contribution in [0.5, 0.6) is 0 Å². The summed E-state index contributed by atoms with van der Waals surface area (Å²) < 4.78 is 4.91. The average Bonchev–Trinajstić information content (AvgIpc) is 3.02. The second-order valence-corrected chi connectivity index (χ2v) is 6.62. The van der Waals surface area contributed by atoms with Crippen molar-refractivity contribution < 1.29 is 14.1 Å². The third kappa shape index (κ3) is 4.13. The van der Waals surface area contributed by atoms with Gasteiger partial charge in [-0.1, -0.05) is 23.4 Å². The second-order valence-electron chi connectivity index (χ2n) is 6.62. The molecular weight excluding hydrogens is 344 g/mol. The van der Waals surface area contributed by atoms with Crippen molar-refractivity contribution in [2.75, 3.05) is 18.9 Å². The van der Waals surface area contributed by atoms with E-state index in [4.69, 9.17) is 4.52 Å². The second kappa shape index (κ2) is 7.57. The zero-order chi connectivity index (χ0) is 19.6. The lowest BCUT2D eigenvalue weighted by Crippen LogP contribution is -2.36. The highest BCUT2D eigenvalue weighted by molar-refractivity contribution is 5.94. The van der Waals surface area contributed by atoms with E-state index in [1.54, 1.807) is 20.0 Å². The van der Waals surface area contributed by atoms with Crippen molar-refractivity contribution >= 4 is 28.5 Å². The van der Waals surface area contributed by atoms with E-state index in [0.29, 0.717) is 11.6 Å². The van der Waals surface area contributed by atoms with Gasteiger partial charge in [-0.25, -0.2) is 0 Å². The van der Waals surface area contributed by atoms with Crippen LogP contribution in [0.1, 0.15) is 22.6 Å². The average molecular weight is 366 g/mol. The molecule has 0 spiro atoms. The minimum atomic E-state index is -0.329. The number of hydrogen-bond donors (Lipinski definition) is 1. The fraction of sp³-hybridized carbons (Fsp3) is 0.300. The minimum Gasteiger partial charge on any atom is -0.360 e. The van der Waals surface area contributed by atoms with Crippen molar-refractivity contribution in [1.29, 1.82) is 0 Å². The topological polar surface area (TPSA) is 88.3 Å². The molecule has 0 aliphatic heterocycles. The maximum absolute atomic E-state index is 12.6. The summed E-state index contributed by atoms with van der Waals surface area (Å²) in [6.07, 6.45) is 0.197. The summed E-state index contributed by atoms with van der Waals surface area (Å²) in [5.74, 6) is 0.460. The zero-order valence-electron chi connectivity index (χ0n) is 15.9. The first-order chi connectivity index (χ1) is 12.8. The van der Waals surface area contributed by atoms with Gasteiger partial charge in [-0.15, -0.1) is 0 Å². The van der Waals surface area contributed by atoms with E-state index in [-0.39, 0.29) is 24.8 Å². The van der Waals surface area contributed by atoms with Gasteiger partial charge in [0.15, 0.2) is 5.82 Å². The molecule has 0 unspecified atom stereocenters. The molecule has 0 aliphatic carbocycles. The molecule has 0 saturated carbocycles. The van der Waals surface area contributed by atoms with Crippen LogP contribution in [-0.4, -0.2) is 40.4 Å². The first kappa shape index (κ1) is 18.6. The SMILES string of the molecule is Cc1cc(NC(=O)CN(C)C(=O)Cc2c(C)nc3ccccc3c2C)no1. The van der Waals surface area contributed by atoms with Gasteiger partial charge in [-0.3, -0.25) is 14.6 Å². The first-order valence-electron chi connectivity index (χ1n) is 8.67. The van der Waals surface area contributed by atoms with Crippen molar-refractivity contribution in [3.8, 4) is 0 Å². The number of hydrogen-bond acceptors (Lipinski definition) is 5. The minimum absolute atomic E-state index is 0.0656. The lowest BCUT2D eigenvalue weighted by molar-refractivity contribution is -0.132. The van der Waals surface area contributed by atoms with Crippen molar-refractivity contribution in [2.24, 2.45) is 0 Å². The van der Waals surface area contributed by atoms with Gasteiger partial charge in [-0.05, 0) is 38.0 Å². The monoisotopic (exact) mass is 366 g/mol. The third-order valence-electron chi connectivity index (χ3n) is 4.52. The Balaban J connectivity index is 1.69. The number of nitrogens with one attached hydrogen (secondary N) is 1. The number of carbonyl (C=O) groups is 2. The van der Waals surface area contributed by atoms with Gasteiger partial charge in [0.25, 0.3) is 0 Å². The van der Waals surface area contributed by atoms with Crippen LogP contribution in [0.2, 0.25) is 0 Å². The quantitative estimate of drug-likeness (QED) is 0.750. The summed E-state index contributed by atoms with van der Waals surface area (Å²) in [6, 6.07) is 9.49. The van der Waals surface area contributed by atoms with Gasteiger partial charge in [0, 0.05) is 24.2 Å². The fourth-order valence-corrected chi connectivity index (χ4v) is 3.03. The predicted molar refractivity (Wildman–Crippen MR) is 102 cm³/mol. The van der Waals surface area contributed by atoms with Gasteiger partial charge < -0.3 is 14.7 Å². The molecule has 1 N–H and O–H groups in total. The molecule has 3 aromatic rings. The molecule has 0 fully saturated rings. The van der Waals surface area contributed by atoms with Crippen LogP contribution >= 0.6 is 0 Å². The number of aromatic nitrogens is 2.